The fourth-order valence-electron chi connectivity index (χ4n) is 5.31. The van der Waals surface area contributed by atoms with Gasteiger partial charge in [0.05, 0.1) is 29.9 Å². The molecule has 6 rings (SSSR count). The van der Waals surface area contributed by atoms with Gasteiger partial charge in [0, 0.05) is 0 Å². The topological polar surface area (TPSA) is 116 Å². The van der Waals surface area contributed by atoms with E-state index in [0.717, 1.165) is 23.1 Å². The molecule has 4 aromatic carbocycles. The maximum atomic E-state index is 12.9. The summed E-state index contributed by atoms with van der Waals surface area (Å²) in [7, 11) is 0. The number of hydrogen-bond acceptors (Lipinski definition) is 10. The summed E-state index contributed by atoms with van der Waals surface area (Å²) in [6, 6.07) is 27.4. The van der Waals surface area contributed by atoms with Gasteiger partial charge in [-0.2, -0.15) is 4.89 Å². The van der Waals surface area contributed by atoms with E-state index in [-0.39, 0.29) is 25.4 Å². The quantitative estimate of drug-likeness (QED) is 0.0763. The lowest BCUT2D eigenvalue weighted by Crippen LogP contribution is -2.36. The second-order valence-corrected chi connectivity index (χ2v) is 11.3. The summed E-state index contributed by atoms with van der Waals surface area (Å²) in [6.07, 6.45) is 0.0958. The Morgan fingerprint density at radius 3 is 1.67 bits per heavy atom. The summed E-state index contributed by atoms with van der Waals surface area (Å²) in [5.74, 6) is -0.907. The van der Waals surface area contributed by atoms with Gasteiger partial charge in [-0.3, -0.25) is 0 Å². The first-order valence-corrected chi connectivity index (χ1v) is 15.6. The average molecular weight is 651 g/mol. The molecule has 0 bridgehead atoms. The van der Waals surface area contributed by atoms with Crippen LogP contribution in [-0.4, -0.2) is 55.5 Å². The molecule has 1 unspecified atom stereocenters. The minimum absolute atomic E-state index is 0.0894. The molecule has 246 valence electrons. The van der Waals surface area contributed by atoms with Crippen molar-refractivity contribution in [2.75, 3.05) is 13.2 Å². The van der Waals surface area contributed by atoms with Crippen molar-refractivity contribution in [3.63, 3.8) is 0 Å². The molecule has 48 heavy (non-hydrogen) atoms. The molecular weight excluding hydrogens is 616 g/mol. The average Bonchev–Trinajstić information content (AvgIpc) is 3.72. The molecule has 2 heterocycles. The number of aryl methyl sites for hydroxylation is 1. The number of rotatable bonds is 12. The molecule has 0 aromatic heterocycles. The highest BCUT2D eigenvalue weighted by atomic mass is 17.2. The van der Waals surface area contributed by atoms with Gasteiger partial charge in [0.25, 0.3) is 0 Å². The lowest BCUT2D eigenvalue weighted by atomic mass is 10.1. The lowest BCUT2D eigenvalue weighted by molar-refractivity contribution is -0.217. The number of carbonyl (C=O) groups excluding carboxylic acids is 3. The number of esters is 3. The fraction of sp³-hybridized carbons (Fsp3) is 0.237. The summed E-state index contributed by atoms with van der Waals surface area (Å²) >= 11 is 0. The van der Waals surface area contributed by atoms with E-state index in [0.29, 0.717) is 22.6 Å². The van der Waals surface area contributed by atoms with E-state index < -0.39 is 42.3 Å². The first kappa shape index (κ1) is 32.6. The largest absolute Gasteiger partial charge is 0.453 e. The zero-order valence-corrected chi connectivity index (χ0v) is 26.2. The fourth-order valence-corrected chi connectivity index (χ4v) is 5.31. The molecule has 2 fully saturated rings. The molecule has 0 aliphatic carbocycles. The standard InChI is InChI=1S/C38H34O10/c1-3-24-5-7-26(8-6-24)21-44-48-31-19-15-29(16-20-31)38(41)47-33-23-43-34-32(22-42-35(33)34)46-37(40)28-13-17-30(18-14-28)45-36(39)27-11-9-25(4-2)10-12-27/h3,5-20,32-35H,1,4,21-23H2,2H3/t32?,33-,34-,35-/m1/s1. The van der Waals surface area contributed by atoms with Crippen LogP contribution in [0.25, 0.3) is 6.08 Å². The first-order chi connectivity index (χ1) is 23.4. The SMILES string of the molecule is C=Cc1ccc(COOc2ccc(C(=O)O[C@@H]3CO[C@@H]4C(OC(=O)c5ccc(OC(=O)c6ccc(CC)cc6)cc5)CO[C@@H]43)cc2)cc1. The van der Waals surface area contributed by atoms with E-state index in [9.17, 15) is 14.4 Å². The van der Waals surface area contributed by atoms with Crippen LogP contribution in [0, 0.1) is 0 Å². The van der Waals surface area contributed by atoms with E-state index in [1.54, 1.807) is 42.5 Å². The third-order valence-corrected chi connectivity index (χ3v) is 8.06. The Balaban J connectivity index is 0.951. The zero-order valence-electron chi connectivity index (χ0n) is 26.2. The normalized spacial score (nSPS) is 19.6. The van der Waals surface area contributed by atoms with Crippen molar-refractivity contribution in [2.24, 2.45) is 0 Å². The molecule has 2 saturated heterocycles. The van der Waals surface area contributed by atoms with Crippen molar-refractivity contribution >= 4 is 24.0 Å². The Morgan fingerprint density at radius 2 is 1.15 bits per heavy atom. The van der Waals surface area contributed by atoms with Gasteiger partial charge in [0.1, 0.15) is 24.6 Å². The van der Waals surface area contributed by atoms with Crippen molar-refractivity contribution in [3.8, 4) is 11.5 Å². The van der Waals surface area contributed by atoms with Crippen LogP contribution in [0.1, 0.15) is 54.7 Å². The zero-order chi connectivity index (χ0) is 33.5. The van der Waals surface area contributed by atoms with Gasteiger partial charge in [-0.25, -0.2) is 14.4 Å². The summed E-state index contributed by atoms with van der Waals surface area (Å²) in [4.78, 5) is 48.9. The van der Waals surface area contributed by atoms with Crippen LogP contribution in [0.15, 0.2) is 104 Å². The van der Waals surface area contributed by atoms with Gasteiger partial charge < -0.3 is 28.6 Å². The molecule has 0 radical (unpaired) electrons. The summed E-state index contributed by atoms with van der Waals surface area (Å²) in [6.45, 7) is 6.21. The van der Waals surface area contributed by atoms with E-state index in [4.69, 9.17) is 33.5 Å². The Morgan fingerprint density at radius 1 is 0.667 bits per heavy atom. The highest BCUT2D eigenvalue weighted by Gasteiger charge is 2.51. The van der Waals surface area contributed by atoms with Crippen LogP contribution < -0.4 is 9.62 Å². The molecule has 0 amide bonds. The Hall–Kier alpha value is -5.29. The summed E-state index contributed by atoms with van der Waals surface area (Å²) < 4.78 is 28.5. The highest BCUT2D eigenvalue weighted by Crippen LogP contribution is 2.32. The molecule has 0 N–H and O–H groups in total. The number of ether oxygens (including phenoxy) is 5. The number of benzene rings is 4. The molecule has 2 aliphatic rings. The molecule has 10 heteroatoms. The highest BCUT2D eigenvalue weighted by molar-refractivity contribution is 5.92. The monoisotopic (exact) mass is 650 g/mol. The van der Waals surface area contributed by atoms with E-state index in [1.807, 2.05) is 43.3 Å². The van der Waals surface area contributed by atoms with Crippen LogP contribution in [-0.2, 0) is 36.9 Å². The minimum atomic E-state index is -0.689. The van der Waals surface area contributed by atoms with Gasteiger partial charge in [-0.05, 0) is 83.8 Å². The van der Waals surface area contributed by atoms with E-state index >= 15 is 0 Å². The second kappa shape index (κ2) is 15.1. The maximum Gasteiger partial charge on any atom is 0.343 e. The number of hydrogen-bond donors (Lipinski definition) is 0. The third-order valence-electron chi connectivity index (χ3n) is 8.06. The van der Waals surface area contributed by atoms with Crippen LogP contribution in [0.3, 0.4) is 0 Å². The number of fused-ring (bicyclic) bond motifs is 1. The first-order valence-electron chi connectivity index (χ1n) is 15.6. The Labute approximate surface area is 277 Å². The van der Waals surface area contributed by atoms with Gasteiger partial charge in [0.15, 0.2) is 18.0 Å². The van der Waals surface area contributed by atoms with Crippen molar-refractivity contribution in [2.45, 2.75) is 44.4 Å². The van der Waals surface area contributed by atoms with E-state index in [2.05, 4.69) is 6.58 Å². The van der Waals surface area contributed by atoms with Crippen LogP contribution in [0.5, 0.6) is 11.5 Å². The van der Waals surface area contributed by atoms with Crippen LogP contribution in [0.2, 0.25) is 0 Å². The lowest BCUT2D eigenvalue weighted by Gasteiger charge is -2.17. The predicted octanol–water partition coefficient (Wildman–Crippen LogP) is 6.17. The molecule has 4 aromatic rings. The number of carbonyl (C=O) groups is 3. The molecule has 0 saturated carbocycles. The second-order valence-electron chi connectivity index (χ2n) is 11.3. The van der Waals surface area contributed by atoms with Gasteiger partial charge >= 0.3 is 17.9 Å². The Bertz CT molecular complexity index is 1730. The third kappa shape index (κ3) is 7.80. The van der Waals surface area contributed by atoms with Gasteiger partial charge in [-0.1, -0.05) is 56.0 Å². The molecule has 0 spiro atoms. The Kier molecular flexibility index (Phi) is 10.3. The minimum Gasteiger partial charge on any atom is -0.453 e. The smallest absolute Gasteiger partial charge is 0.343 e. The molecule has 4 atom stereocenters. The van der Waals surface area contributed by atoms with Crippen LogP contribution in [0.4, 0.5) is 0 Å². The van der Waals surface area contributed by atoms with Crippen molar-refractivity contribution < 1.29 is 47.8 Å². The summed E-state index contributed by atoms with van der Waals surface area (Å²) in [5.41, 5.74) is 4.09. The van der Waals surface area contributed by atoms with Crippen molar-refractivity contribution in [1.82, 2.24) is 0 Å². The van der Waals surface area contributed by atoms with Crippen molar-refractivity contribution in [3.05, 3.63) is 137 Å². The predicted molar refractivity (Wildman–Crippen MR) is 173 cm³/mol. The molecular formula is C38H34O10. The molecule has 10 nitrogen and oxygen atoms in total. The van der Waals surface area contributed by atoms with Crippen LogP contribution >= 0.6 is 0 Å². The van der Waals surface area contributed by atoms with Gasteiger partial charge in [-0.15, -0.1) is 0 Å². The van der Waals surface area contributed by atoms with Crippen molar-refractivity contribution in [1.29, 1.82) is 0 Å². The summed E-state index contributed by atoms with van der Waals surface area (Å²) in [5, 5.41) is 0. The molecule has 2 aliphatic heterocycles. The maximum absolute atomic E-state index is 12.9. The van der Waals surface area contributed by atoms with E-state index in [1.165, 1.54) is 24.3 Å². The van der Waals surface area contributed by atoms with Gasteiger partial charge in [0.2, 0.25) is 0 Å².